The third-order valence-corrected chi connectivity index (χ3v) is 5.12. The molecule has 10 heteroatoms. The van der Waals surface area contributed by atoms with E-state index in [1.807, 2.05) is 60.7 Å². The predicted molar refractivity (Wildman–Crippen MR) is 122 cm³/mol. The van der Waals surface area contributed by atoms with Crippen molar-refractivity contribution in [3.05, 3.63) is 82.8 Å². The van der Waals surface area contributed by atoms with Crippen LogP contribution in [0.4, 0.5) is 23.4 Å². The molecule has 32 heavy (non-hydrogen) atoms. The van der Waals surface area contributed by atoms with E-state index >= 15 is 0 Å². The maximum absolute atomic E-state index is 6.15. The number of hydrogen-bond donors (Lipinski definition) is 2. The van der Waals surface area contributed by atoms with E-state index in [0.717, 1.165) is 11.1 Å². The lowest BCUT2D eigenvalue weighted by molar-refractivity contribution is 0.585. The molecule has 8 nitrogen and oxygen atoms in total. The summed E-state index contributed by atoms with van der Waals surface area (Å²) in [7, 11) is 0. The molecular weight excluding hydrogens is 451 g/mol. The fraction of sp³-hybridized carbons (Fsp3) is 0. The summed E-state index contributed by atoms with van der Waals surface area (Å²) in [5, 5.41) is 23.3. The second-order valence-corrected chi connectivity index (χ2v) is 7.43. The Bertz CT molecular complexity index is 1260. The Balaban J connectivity index is 1.30. The standard InChI is InChI=1S/C22H14Cl2N6O2/c23-15-5-1-3-7-17(15)25-21-29-27-19(31-21)13-9-11-14(12-10-13)20-28-30-22(32-20)26-18-8-4-2-6-16(18)24/h1-12H,(H,25,29)(H,26,30). The molecule has 0 spiro atoms. The minimum atomic E-state index is 0.240. The van der Waals surface area contributed by atoms with Crippen LogP contribution >= 0.6 is 23.2 Å². The molecule has 2 heterocycles. The second-order valence-electron chi connectivity index (χ2n) is 6.61. The number of para-hydroxylation sites is 2. The molecule has 5 rings (SSSR count). The van der Waals surface area contributed by atoms with Gasteiger partial charge in [0.15, 0.2) is 0 Å². The van der Waals surface area contributed by atoms with Gasteiger partial charge in [-0.15, -0.1) is 10.2 Å². The largest absolute Gasteiger partial charge is 0.403 e. The number of nitrogens with one attached hydrogen (secondary N) is 2. The molecule has 0 atom stereocenters. The minimum absolute atomic E-state index is 0.240. The summed E-state index contributed by atoms with van der Waals surface area (Å²) < 4.78 is 11.4. The van der Waals surface area contributed by atoms with Crippen molar-refractivity contribution in [1.82, 2.24) is 20.4 Å². The zero-order valence-electron chi connectivity index (χ0n) is 16.3. The number of aromatic nitrogens is 4. The van der Waals surface area contributed by atoms with Gasteiger partial charge in [0.25, 0.3) is 0 Å². The summed E-state index contributed by atoms with van der Waals surface area (Å²) in [6.45, 7) is 0. The van der Waals surface area contributed by atoms with Crippen LogP contribution in [0.3, 0.4) is 0 Å². The molecular formula is C22H14Cl2N6O2. The van der Waals surface area contributed by atoms with Crippen LogP contribution in [0.5, 0.6) is 0 Å². The van der Waals surface area contributed by atoms with E-state index in [1.54, 1.807) is 12.1 Å². The molecule has 2 aromatic heterocycles. The van der Waals surface area contributed by atoms with Crippen molar-refractivity contribution in [2.24, 2.45) is 0 Å². The molecule has 0 aliphatic carbocycles. The highest BCUT2D eigenvalue weighted by atomic mass is 35.5. The summed E-state index contributed by atoms with van der Waals surface area (Å²) in [6, 6.07) is 22.4. The Morgan fingerprint density at radius 2 is 0.938 bits per heavy atom. The molecule has 3 aromatic carbocycles. The number of benzene rings is 3. The molecule has 0 bridgehead atoms. The van der Waals surface area contributed by atoms with Gasteiger partial charge < -0.3 is 19.5 Å². The topological polar surface area (TPSA) is 102 Å². The molecule has 0 aliphatic rings. The van der Waals surface area contributed by atoms with Crippen LogP contribution in [0, 0.1) is 0 Å². The minimum Gasteiger partial charge on any atom is -0.403 e. The molecule has 2 N–H and O–H groups in total. The summed E-state index contributed by atoms with van der Waals surface area (Å²) in [4.78, 5) is 0. The molecule has 0 fully saturated rings. The van der Waals surface area contributed by atoms with E-state index < -0.39 is 0 Å². The SMILES string of the molecule is Clc1ccccc1Nc1nnc(-c2ccc(-c3nnc(Nc4ccccc4Cl)o3)cc2)o1. The average Bonchev–Trinajstić information content (AvgIpc) is 3.47. The normalized spacial score (nSPS) is 10.8. The Labute approximate surface area is 192 Å². The first-order valence-corrected chi connectivity index (χ1v) is 10.2. The van der Waals surface area contributed by atoms with Gasteiger partial charge >= 0.3 is 12.0 Å². The first-order valence-electron chi connectivity index (χ1n) is 9.46. The van der Waals surface area contributed by atoms with Crippen molar-refractivity contribution in [3.63, 3.8) is 0 Å². The Kier molecular flexibility index (Phi) is 5.45. The third kappa shape index (κ3) is 4.27. The first kappa shape index (κ1) is 20.0. The highest BCUT2D eigenvalue weighted by molar-refractivity contribution is 6.33. The van der Waals surface area contributed by atoms with Crippen molar-refractivity contribution >= 4 is 46.6 Å². The molecule has 0 saturated carbocycles. The smallest absolute Gasteiger partial charge is 0.320 e. The first-order chi connectivity index (χ1) is 15.7. The average molecular weight is 465 g/mol. The van der Waals surface area contributed by atoms with Crippen LogP contribution in [0.2, 0.25) is 10.0 Å². The maximum atomic E-state index is 6.15. The summed E-state index contributed by atoms with van der Waals surface area (Å²) in [5.41, 5.74) is 2.83. The molecule has 158 valence electrons. The predicted octanol–water partition coefficient (Wildman–Crippen LogP) is 6.58. The van der Waals surface area contributed by atoms with Crippen molar-refractivity contribution in [2.45, 2.75) is 0 Å². The number of nitrogens with zero attached hydrogens (tertiary/aromatic N) is 4. The zero-order valence-corrected chi connectivity index (χ0v) is 17.8. The fourth-order valence-corrected chi connectivity index (χ4v) is 3.26. The van der Waals surface area contributed by atoms with E-state index in [-0.39, 0.29) is 12.0 Å². The third-order valence-electron chi connectivity index (χ3n) is 4.46. The molecule has 0 radical (unpaired) electrons. The van der Waals surface area contributed by atoms with Crippen LogP contribution in [0.1, 0.15) is 0 Å². The summed E-state index contributed by atoms with van der Waals surface area (Å²) in [6.07, 6.45) is 0. The monoisotopic (exact) mass is 464 g/mol. The van der Waals surface area contributed by atoms with Gasteiger partial charge in [0.2, 0.25) is 11.8 Å². The number of hydrogen-bond acceptors (Lipinski definition) is 8. The molecule has 0 saturated heterocycles. The highest BCUT2D eigenvalue weighted by Crippen LogP contribution is 2.29. The van der Waals surface area contributed by atoms with E-state index in [9.17, 15) is 0 Å². The highest BCUT2D eigenvalue weighted by Gasteiger charge is 2.13. The number of rotatable bonds is 6. The van der Waals surface area contributed by atoms with Gasteiger partial charge in [-0.1, -0.05) is 57.7 Å². The van der Waals surface area contributed by atoms with Crippen LogP contribution in [-0.2, 0) is 0 Å². The zero-order chi connectivity index (χ0) is 21.9. The summed E-state index contributed by atoms with van der Waals surface area (Å²) in [5.74, 6) is 0.718. The van der Waals surface area contributed by atoms with E-state index in [2.05, 4.69) is 31.0 Å². The lowest BCUT2D eigenvalue weighted by Gasteiger charge is -2.03. The summed E-state index contributed by atoms with van der Waals surface area (Å²) >= 11 is 12.3. The molecule has 0 aliphatic heterocycles. The molecule has 0 unspecified atom stereocenters. The van der Waals surface area contributed by atoms with Gasteiger partial charge in [-0.05, 0) is 48.5 Å². The van der Waals surface area contributed by atoms with Gasteiger partial charge in [0, 0.05) is 11.1 Å². The van der Waals surface area contributed by atoms with Gasteiger partial charge in [-0.3, -0.25) is 0 Å². The van der Waals surface area contributed by atoms with Gasteiger partial charge in [-0.25, -0.2) is 0 Å². The lowest BCUT2D eigenvalue weighted by atomic mass is 10.1. The molecule has 0 amide bonds. The van der Waals surface area contributed by atoms with Crippen molar-refractivity contribution in [3.8, 4) is 22.9 Å². The van der Waals surface area contributed by atoms with E-state index in [4.69, 9.17) is 32.0 Å². The van der Waals surface area contributed by atoms with Crippen molar-refractivity contribution in [2.75, 3.05) is 10.6 Å². The molecule has 5 aromatic rings. The van der Waals surface area contributed by atoms with Gasteiger partial charge in [-0.2, -0.15) is 0 Å². The Hall–Kier alpha value is -3.88. The quantitative estimate of drug-likeness (QED) is 0.290. The maximum Gasteiger partial charge on any atom is 0.320 e. The van der Waals surface area contributed by atoms with Crippen molar-refractivity contribution < 1.29 is 8.83 Å². The van der Waals surface area contributed by atoms with E-state index in [1.165, 1.54) is 0 Å². The fourth-order valence-electron chi connectivity index (χ4n) is 2.89. The number of anilines is 4. The number of halogens is 2. The second kappa shape index (κ2) is 8.70. The Morgan fingerprint density at radius 1 is 0.531 bits per heavy atom. The van der Waals surface area contributed by atoms with Crippen molar-refractivity contribution in [1.29, 1.82) is 0 Å². The lowest BCUT2D eigenvalue weighted by Crippen LogP contribution is -1.90. The Morgan fingerprint density at radius 3 is 1.34 bits per heavy atom. The van der Waals surface area contributed by atoms with E-state index in [0.29, 0.717) is 33.2 Å². The van der Waals surface area contributed by atoms with Gasteiger partial charge in [0.05, 0.1) is 21.4 Å². The van der Waals surface area contributed by atoms with Crippen LogP contribution in [0.15, 0.2) is 81.6 Å². The van der Waals surface area contributed by atoms with Crippen LogP contribution < -0.4 is 10.6 Å². The van der Waals surface area contributed by atoms with Crippen LogP contribution in [-0.4, -0.2) is 20.4 Å². The van der Waals surface area contributed by atoms with Gasteiger partial charge in [0.1, 0.15) is 0 Å². The van der Waals surface area contributed by atoms with Crippen LogP contribution in [0.25, 0.3) is 22.9 Å².